The molecule has 1 aromatic rings. The summed E-state index contributed by atoms with van der Waals surface area (Å²) in [4.78, 5) is 12.4. The van der Waals surface area contributed by atoms with Gasteiger partial charge in [-0.2, -0.15) is 0 Å². The molecule has 23 heavy (non-hydrogen) atoms. The SMILES string of the molecule is COc1ccccc1CC(=O)NC1CCOC2(CCOCC2)C1. The van der Waals surface area contributed by atoms with Crippen molar-refractivity contribution < 1.29 is 19.0 Å². The van der Waals surface area contributed by atoms with Crippen LogP contribution in [0.4, 0.5) is 0 Å². The van der Waals surface area contributed by atoms with Gasteiger partial charge in [0.25, 0.3) is 0 Å². The third kappa shape index (κ3) is 4.03. The van der Waals surface area contributed by atoms with Crippen molar-refractivity contribution in [2.45, 2.75) is 43.7 Å². The number of benzene rings is 1. The first-order chi connectivity index (χ1) is 11.2. The summed E-state index contributed by atoms with van der Waals surface area (Å²) in [7, 11) is 1.63. The number of para-hydroxylation sites is 1. The van der Waals surface area contributed by atoms with Gasteiger partial charge in [0.05, 0.1) is 19.1 Å². The van der Waals surface area contributed by atoms with Gasteiger partial charge in [-0.1, -0.05) is 18.2 Å². The molecular weight excluding hydrogens is 294 g/mol. The molecule has 2 saturated heterocycles. The molecule has 1 spiro atoms. The fourth-order valence-electron chi connectivity index (χ4n) is 3.54. The van der Waals surface area contributed by atoms with Crippen LogP contribution < -0.4 is 10.1 Å². The summed E-state index contributed by atoms with van der Waals surface area (Å²) in [6.07, 6.45) is 3.95. The van der Waals surface area contributed by atoms with Crippen LogP contribution in [0.1, 0.15) is 31.2 Å². The Kier molecular flexibility index (Phi) is 5.18. The van der Waals surface area contributed by atoms with E-state index in [4.69, 9.17) is 14.2 Å². The van der Waals surface area contributed by atoms with Crippen molar-refractivity contribution >= 4 is 5.91 Å². The van der Waals surface area contributed by atoms with E-state index in [-0.39, 0.29) is 17.6 Å². The number of hydrogen-bond donors (Lipinski definition) is 1. The molecule has 3 rings (SSSR count). The summed E-state index contributed by atoms with van der Waals surface area (Å²) in [5.41, 5.74) is 0.819. The van der Waals surface area contributed by atoms with Crippen LogP contribution >= 0.6 is 0 Å². The molecule has 5 nitrogen and oxygen atoms in total. The first-order valence-corrected chi connectivity index (χ1v) is 8.34. The highest BCUT2D eigenvalue weighted by atomic mass is 16.5. The van der Waals surface area contributed by atoms with Crippen molar-refractivity contribution in [2.75, 3.05) is 26.9 Å². The molecule has 0 bridgehead atoms. The maximum atomic E-state index is 12.4. The molecule has 2 heterocycles. The molecule has 1 aromatic carbocycles. The Labute approximate surface area is 137 Å². The molecule has 0 saturated carbocycles. The number of amides is 1. The van der Waals surface area contributed by atoms with Crippen LogP contribution in [0.5, 0.6) is 5.75 Å². The van der Waals surface area contributed by atoms with Gasteiger partial charge in [-0.15, -0.1) is 0 Å². The van der Waals surface area contributed by atoms with Gasteiger partial charge < -0.3 is 19.5 Å². The van der Waals surface area contributed by atoms with Crippen molar-refractivity contribution in [3.05, 3.63) is 29.8 Å². The molecule has 126 valence electrons. The Balaban J connectivity index is 1.57. The molecule has 1 amide bonds. The Bertz CT molecular complexity index is 534. The maximum Gasteiger partial charge on any atom is 0.224 e. The third-order valence-corrected chi connectivity index (χ3v) is 4.81. The summed E-state index contributed by atoms with van der Waals surface area (Å²) in [6.45, 7) is 2.21. The van der Waals surface area contributed by atoms with Crippen molar-refractivity contribution in [3.63, 3.8) is 0 Å². The molecule has 0 aliphatic carbocycles. The summed E-state index contributed by atoms with van der Waals surface area (Å²) in [5.74, 6) is 0.805. The monoisotopic (exact) mass is 319 g/mol. The highest BCUT2D eigenvalue weighted by Gasteiger charge is 2.39. The molecule has 2 aliphatic heterocycles. The molecule has 5 heteroatoms. The summed E-state index contributed by atoms with van der Waals surface area (Å²) in [6, 6.07) is 7.84. The number of carbonyl (C=O) groups is 1. The highest BCUT2D eigenvalue weighted by molar-refractivity contribution is 5.79. The number of ether oxygens (including phenoxy) is 3. The lowest BCUT2D eigenvalue weighted by atomic mass is 9.84. The van der Waals surface area contributed by atoms with Crippen molar-refractivity contribution in [3.8, 4) is 5.75 Å². The van der Waals surface area contributed by atoms with E-state index < -0.39 is 0 Å². The van der Waals surface area contributed by atoms with E-state index in [1.165, 1.54) is 0 Å². The van der Waals surface area contributed by atoms with Gasteiger partial charge in [0.15, 0.2) is 0 Å². The maximum absolute atomic E-state index is 12.4. The third-order valence-electron chi connectivity index (χ3n) is 4.81. The predicted octanol–water partition coefficient (Wildman–Crippen LogP) is 2.08. The number of methoxy groups -OCH3 is 1. The number of hydrogen-bond acceptors (Lipinski definition) is 4. The van der Waals surface area contributed by atoms with Crippen molar-refractivity contribution in [1.29, 1.82) is 0 Å². The molecule has 2 fully saturated rings. The van der Waals surface area contributed by atoms with Gasteiger partial charge in [-0.25, -0.2) is 0 Å². The largest absolute Gasteiger partial charge is 0.496 e. The van der Waals surface area contributed by atoms with E-state index in [0.717, 1.165) is 50.2 Å². The smallest absolute Gasteiger partial charge is 0.224 e. The quantitative estimate of drug-likeness (QED) is 0.923. The van der Waals surface area contributed by atoms with Crippen LogP contribution in [0.3, 0.4) is 0 Å². The van der Waals surface area contributed by atoms with Crippen LogP contribution in [-0.4, -0.2) is 44.5 Å². The second-order valence-corrected chi connectivity index (χ2v) is 6.39. The van der Waals surface area contributed by atoms with Gasteiger partial charge in [-0.3, -0.25) is 4.79 Å². The van der Waals surface area contributed by atoms with Crippen LogP contribution in [0.15, 0.2) is 24.3 Å². The molecule has 0 aromatic heterocycles. The second-order valence-electron chi connectivity index (χ2n) is 6.39. The van der Waals surface area contributed by atoms with E-state index >= 15 is 0 Å². The predicted molar refractivity (Wildman–Crippen MR) is 86.6 cm³/mol. The zero-order chi connectivity index (χ0) is 16.1. The molecule has 0 radical (unpaired) electrons. The fourth-order valence-corrected chi connectivity index (χ4v) is 3.54. The zero-order valence-corrected chi connectivity index (χ0v) is 13.7. The van der Waals surface area contributed by atoms with Gasteiger partial charge in [-0.05, 0) is 31.7 Å². The molecule has 1 N–H and O–H groups in total. The minimum Gasteiger partial charge on any atom is -0.496 e. The minimum atomic E-state index is -0.0983. The van der Waals surface area contributed by atoms with E-state index in [1.807, 2.05) is 24.3 Å². The lowest BCUT2D eigenvalue weighted by molar-refractivity contribution is -0.143. The standard InChI is InChI=1S/C18H25NO4/c1-21-16-5-3-2-4-14(16)12-17(20)19-15-6-9-23-18(13-15)7-10-22-11-8-18/h2-5,15H,6-13H2,1H3,(H,19,20). The average Bonchev–Trinajstić information content (AvgIpc) is 2.56. The number of carbonyl (C=O) groups excluding carboxylic acids is 1. The lowest BCUT2D eigenvalue weighted by Crippen LogP contribution is -2.51. The van der Waals surface area contributed by atoms with E-state index in [0.29, 0.717) is 13.0 Å². The summed E-state index contributed by atoms with van der Waals surface area (Å²) in [5, 5.41) is 3.17. The highest BCUT2D eigenvalue weighted by Crippen LogP contribution is 2.34. The Morgan fingerprint density at radius 2 is 2.09 bits per heavy atom. The lowest BCUT2D eigenvalue weighted by Gasteiger charge is -2.43. The first-order valence-electron chi connectivity index (χ1n) is 8.34. The van der Waals surface area contributed by atoms with E-state index in [2.05, 4.69) is 5.32 Å². The Morgan fingerprint density at radius 3 is 2.87 bits per heavy atom. The number of rotatable bonds is 4. The Morgan fingerprint density at radius 1 is 1.30 bits per heavy atom. The van der Waals surface area contributed by atoms with Crippen molar-refractivity contribution in [2.24, 2.45) is 0 Å². The van der Waals surface area contributed by atoms with Crippen LogP contribution in [0.25, 0.3) is 0 Å². The van der Waals surface area contributed by atoms with Gasteiger partial charge in [0, 0.05) is 31.4 Å². The average molecular weight is 319 g/mol. The molecule has 1 unspecified atom stereocenters. The van der Waals surface area contributed by atoms with Crippen LogP contribution in [0, 0.1) is 0 Å². The Hall–Kier alpha value is -1.59. The van der Waals surface area contributed by atoms with Crippen LogP contribution in [0.2, 0.25) is 0 Å². The molecular formula is C18H25NO4. The number of nitrogens with one attached hydrogen (secondary N) is 1. The fraction of sp³-hybridized carbons (Fsp3) is 0.611. The van der Waals surface area contributed by atoms with Crippen LogP contribution in [-0.2, 0) is 20.7 Å². The van der Waals surface area contributed by atoms with Gasteiger partial charge in [0.1, 0.15) is 5.75 Å². The van der Waals surface area contributed by atoms with E-state index in [1.54, 1.807) is 7.11 Å². The summed E-state index contributed by atoms with van der Waals surface area (Å²) < 4.78 is 16.8. The molecule has 1 atom stereocenters. The second kappa shape index (κ2) is 7.32. The van der Waals surface area contributed by atoms with Gasteiger partial charge >= 0.3 is 0 Å². The topological polar surface area (TPSA) is 56.8 Å². The van der Waals surface area contributed by atoms with E-state index in [9.17, 15) is 4.79 Å². The normalized spacial score (nSPS) is 23.4. The minimum absolute atomic E-state index is 0.0450. The van der Waals surface area contributed by atoms with Gasteiger partial charge in [0.2, 0.25) is 5.91 Å². The zero-order valence-electron chi connectivity index (χ0n) is 13.7. The van der Waals surface area contributed by atoms with Crippen molar-refractivity contribution in [1.82, 2.24) is 5.32 Å². The first kappa shape index (κ1) is 16.3. The summed E-state index contributed by atoms with van der Waals surface area (Å²) >= 11 is 0. The molecule has 2 aliphatic rings.